The van der Waals surface area contributed by atoms with E-state index >= 15 is 0 Å². The van der Waals surface area contributed by atoms with Crippen LogP contribution >= 0.6 is 0 Å². The summed E-state index contributed by atoms with van der Waals surface area (Å²) in [7, 11) is 0. The minimum atomic E-state index is 0.181. The molecule has 0 aliphatic heterocycles. The van der Waals surface area contributed by atoms with E-state index in [2.05, 4.69) is 39.0 Å². The highest BCUT2D eigenvalue weighted by Crippen LogP contribution is 2.61. The normalized spacial score (nSPS) is 37.5. The zero-order chi connectivity index (χ0) is 11.5. The van der Waals surface area contributed by atoms with Gasteiger partial charge in [-0.1, -0.05) is 32.0 Å². The fourth-order valence-electron chi connectivity index (χ4n) is 3.91. The molecule has 3 rings (SSSR count). The maximum atomic E-state index is 6.03. The van der Waals surface area contributed by atoms with Gasteiger partial charge in [-0.05, 0) is 48.3 Å². The van der Waals surface area contributed by atoms with Crippen molar-refractivity contribution in [3.63, 3.8) is 0 Å². The van der Waals surface area contributed by atoms with Crippen LogP contribution in [0.1, 0.15) is 49.9 Å². The third-order valence-electron chi connectivity index (χ3n) is 5.14. The Morgan fingerprint density at radius 3 is 2.69 bits per heavy atom. The van der Waals surface area contributed by atoms with Crippen molar-refractivity contribution in [3.8, 4) is 0 Å². The second kappa shape index (κ2) is 3.10. The van der Waals surface area contributed by atoms with Crippen molar-refractivity contribution < 1.29 is 0 Å². The van der Waals surface area contributed by atoms with Gasteiger partial charge in [-0.15, -0.1) is 0 Å². The third-order valence-corrected chi connectivity index (χ3v) is 5.14. The summed E-state index contributed by atoms with van der Waals surface area (Å²) < 4.78 is 0. The molecule has 4 atom stereocenters. The molecule has 16 heavy (non-hydrogen) atoms. The van der Waals surface area contributed by atoms with Gasteiger partial charge in [0.15, 0.2) is 0 Å². The van der Waals surface area contributed by atoms with E-state index in [1.165, 1.54) is 18.4 Å². The van der Waals surface area contributed by atoms with E-state index in [-0.39, 0.29) is 6.04 Å². The lowest BCUT2D eigenvalue weighted by Crippen LogP contribution is -2.56. The molecule has 2 aliphatic carbocycles. The fraction of sp³-hybridized carbons (Fsp3) is 0.600. The number of fused-ring (bicyclic) bond motifs is 2. The van der Waals surface area contributed by atoms with Crippen LogP contribution in [0.5, 0.6) is 0 Å². The van der Waals surface area contributed by atoms with Gasteiger partial charge in [0.25, 0.3) is 0 Å². The average molecular weight is 215 g/mol. The van der Waals surface area contributed by atoms with Crippen LogP contribution in [-0.2, 0) is 11.8 Å². The fourth-order valence-corrected chi connectivity index (χ4v) is 3.91. The maximum Gasteiger partial charge on any atom is 0.0268 e. The quantitative estimate of drug-likeness (QED) is 0.765. The molecule has 1 spiro atoms. The molecule has 0 radical (unpaired) electrons. The number of hydrogen-bond acceptors (Lipinski definition) is 1. The molecule has 1 nitrogen and oxygen atoms in total. The molecular weight excluding hydrogens is 194 g/mol. The van der Waals surface area contributed by atoms with Crippen LogP contribution in [0.3, 0.4) is 0 Å². The van der Waals surface area contributed by atoms with Crippen molar-refractivity contribution in [3.05, 3.63) is 34.9 Å². The molecule has 2 aliphatic rings. The molecule has 0 bridgehead atoms. The largest absolute Gasteiger partial charge is 0.324 e. The smallest absolute Gasteiger partial charge is 0.0268 e. The van der Waals surface area contributed by atoms with Gasteiger partial charge in [0.05, 0.1) is 0 Å². The predicted molar refractivity (Wildman–Crippen MR) is 67.4 cm³/mol. The molecule has 4 unspecified atom stereocenters. The van der Waals surface area contributed by atoms with Crippen LogP contribution in [0.2, 0.25) is 0 Å². The first-order valence-electron chi connectivity index (χ1n) is 6.44. The summed E-state index contributed by atoms with van der Waals surface area (Å²) in [5.74, 6) is 1.75. The van der Waals surface area contributed by atoms with Crippen LogP contribution in [-0.4, -0.2) is 0 Å². The topological polar surface area (TPSA) is 26.0 Å². The molecule has 1 aromatic carbocycles. The van der Waals surface area contributed by atoms with Crippen molar-refractivity contribution in [2.75, 3.05) is 0 Å². The van der Waals surface area contributed by atoms with Crippen LogP contribution in [0.15, 0.2) is 18.2 Å². The van der Waals surface area contributed by atoms with Gasteiger partial charge < -0.3 is 5.73 Å². The number of benzene rings is 1. The lowest BCUT2D eigenvalue weighted by molar-refractivity contribution is 0.0353. The first kappa shape index (κ1) is 10.3. The van der Waals surface area contributed by atoms with Crippen molar-refractivity contribution in [2.24, 2.45) is 17.6 Å². The Kier molecular flexibility index (Phi) is 2.00. The molecule has 86 valence electrons. The van der Waals surface area contributed by atoms with E-state index in [4.69, 9.17) is 5.73 Å². The summed E-state index contributed by atoms with van der Waals surface area (Å²) in [6.45, 7) is 6.88. The minimum Gasteiger partial charge on any atom is -0.324 e. The van der Waals surface area contributed by atoms with E-state index in [0.29, 0.717) is 5.41 Å². The van der Waals surface area contributed by atoms with Gasteiger partial charge in [0.1, 0.15) is 0 Å². The molecule has 1 fully saturated rings. The molecule has 0 saturated heterocycles. The molecule has 0 aromatic heterocycles. The second-order valence-corrected chi connectivity index (χ2v) is 5.97. The van der Waals surface area contributed by atoms with Crippen molar-refractivity contribution in [1.29, 1.82) is 0 Å². The van der Waals surface area contributed by atoms with E-state index in [1.54, 1.807) is 11.1 Å². The Balaban J connectivity index is 2.01. The molecule has 0 amide bonds. The number of rotatable bonds is 1. The Hall–Kier alpha value is -0.820. The SMILES string of the molecule is CC(N)c1cccc2c1CC21CC(C)C1C. The lowest BCUT2D eigenvalue weighted by atomic mass is 9.44. The standard InChI is InChI=1S/C15H21N/c1-9-7-15(10(9)2)8-13-12(11(3)16)5-4-6-14(13)15/h4-6,9-11H,7-8,16H2,1-3H3. The Labute approximate surface area is 98.0 Å². The van der Waals surface area contributed by atoms with Gasteiger partial charge in [-0.2, -0.15) is 0 Å². The molecule has 0 heterocycles. The Morgan fingerprint density at radius 1 is 1.38 bits per heavy atom. The van der Waals surface area contributed by atoms with E-state index in [0.717, 1.165) is 11.8 Å². The average Bonchev–Trinajstić information content (AvgIpc) is 2.24. The first-order chi connectivity index (χ1) is 7.56. The van der Waals surface area contributed by atoms with Crippen LogP contribution < -0.4 is 5.73 Å². The van der Waals surface area contributed by atoms with Crippen molar-refractivity contribution in [2.45, 2.75) is 45.1 Å². The molecular formula is C15H21N. The van der Waals surface area contributed by atoms with Crippen LogP contribution in [0.4, 0.5) is 0 Å². The zero-order valence-corrected chi connectivity index (χ0v) is 10.5. The van der Waals surface area contributed by atoms with Crippen molar-refractivity contribution >= 4 is 0 Å². The summed E-state index contributed by atoms with van der Waals surface area (Å²) in [6, 6.07) is 6.89. The number of nitrogens with two attached hydrogens (primary N) is 1. The maximum absolute atomic E-state index is 6.03. The zero-order valence-electron chi connectivity index (χ0n) is 10.5. The highest BCUT2D eigenvalue weighted by Gasteiger charge is 2.56. The number of hydrogen-bond donors (Lipinski definition) is 1. The first-order valence-corrected chi connectivity index (χ1v) is 6.44. The van der Waals surface area contributed by atoms with Crippen LogP contribution in [0, 0.1) is 11.8 Å². The van der Waals surface area contributed by atoms with E-state index in [9.17, 15) is 0 Å². The summed E-state index contributed by atoms with van der Waals surface area (Å²) in [5, 5.41) is 0. The van der Waals surface area contributed by atoms with Crippen LogP contribution in [0.25, 0.3) is 0 Å². The molecule has 1 aromatic rings. The third kappa shape index (κ3) is 1.05. The van der Waals surface area contributed by atoms with E-state index in [1.807, 2.05) is 0 Å². The molecule has 1 heteroatoms. The van der Waals surface area contributed by atoms with Gasteiger partial charge in [0.2, 0.25) is 0 Å². The van der Waals surface area contributed by atoms with Crippen molar-refractivity contribution in [1.82, 2.24) is 0 Å². The highest BCUT2D eigenvalue weighted by atomic mass is 14.6. The summed E-state index contributed by atoms with van der Waals surface area (Å²) >= 11 is 0. The van der Waals surface area contributed by atoms with Gasteiger partial charge >= 0.3 is 0 Å². The van der Waals surface area contributed by atoms with Gasteiger partial charge in [-0.3, -0.25) is 0 Å². The highest BCUT2D eigenvalue weighted by molar-refractivity contribution is 5.53. The predicted octanol–water partition coefficient (Wildman–Crippen LogP) is 3.18. The van der Waals surface area contributed by atoms with E-state index < -0.39 is 0 Å². The van der Waals surface area contributed by atoms with Gasteiger partial charge in [0, 0.05) is 11.5 Å². The second-order valence-electron chi connectivity index (χ2n) is 5.97. The summed E-state index contributed by atoms with van der Waals surface area (Å²) in [6.07, 6.45) is 2.65. The molecule has 2 N–H and O–H groups in total. The summed E-state index contributed by atoms with van der Waals surface area (Å²) in [5.41, 5.74) is 11.1. The Bertz CT molecular complexity index is 435. The summed E-state index contributed by atoms with van der Waals surface area (Å²) in [4.78, 5) is 0. The lowest BCUT2D eigenvalue weighted by Gasteiger charge is -2.60. The minimum absolute atomic E-state index is 0.181. The van der Waals surface area contributed by atoms with Gasteiger partial charge in [-0.25, -0.2) is 0 Å². The molecule has 1 saturated carbocycles. The Morgan fingerprint density at radius 2 is 2.12 bits per heavy atom. The monoisotopic (exact) mass is 215 g/mol.